The van der Waals surface area contributed by atoms with Gasteiger partial charge in [-0.25, -0.2) is 4.79 Å². The van der Waals surface area contributed by atoms with Crippen molar-refractivity contribution in [1.29, 1.82) is 0 Å². The first-order valence-corrected chi connectivity index (χ1v) is 7.50. The summed E-state index contributed by atoms with van der Waals surface area (Å²) in [6, 6.07) is 8.94. The molecular weight excluding hydrogens is 350 g/mol. The van der Waals surface area contributed by atoms with Gasteiger partial charge in [0.1, 0.15) is 5.75 Å². The minimum absolute atomic E-state index is 0.0570. The molecule has 2 aromatic carbocycles. The summed E-state index contributed by atoms with van der Waals surface area (Å²) in [4.78, 5) is 22.9. The normalized spacial score (nSPS) is 10.0. The molecule has 7 nitrogen and oxygen atoms in total. The first-order chi connectivity index (χ1) is 11.9. The minimum Gasteiger partial charge on any atom is -0.495 e. The number of methoxy groups -OCH3 is 2. The summed E-state index contributed by atoms with van der Waals surface area (Å²) >= 11 is 5.99. The molecule has 0 aromatic heterocycles. The van der Waals surface area contributed by atoms with Crippen LogP contribution < -0.4 is 19.5 Å². The molecule has 0 bridgehead atoms. The summed E-state index contributed by atoms with van der Waals surface area (Å²) in [5.74, 6) is -0.514. The van der Waals surface area contributed by atoms with Gasteiger partial charge in [0.2, 0.25) is 0 Å². The van der Waals surface area contributed by atoms with Crippen LogP contribution in [-0.4, -0.2) is 37.8 Å². The molecule has 0 unspecified atom stereocenters. The third-order valence-corrected chi connectivity index (χ3v) is 3.50. The quantitative estimate of drug-likeness (QED) is 0.783. The zero-order valence-electron chi connectivity index (χ0n) is 13.5. The average molecular weight is 366 g/mol. The molecule has 0 aliphatic heterocycles. The fourth-order valence-electron chi connectivity index (χ4n) is 2.00. The molecule has 25 heavy (non-hydrogen) atoms. The van der Waals surface area contributed by atoms with Crippen LogP contribution in [-0.2, 0) is 4.79 Å². The number of amides is 1. The number of aromatic carboxylic acids is 1. The third kappa shape index (κ3) is 4.77. The second kappa shape index (κ2) is 8.25. The van der Waals surface area contributed by atoms with Gasteiger partial charge in [0, 0.05) is 5.69 Å². The SMILES string of the molecule is COc1ccc(NC(=O)COc2ccc(C(=O)O)cc2OC)cc1Cl. The van der Waals surface area contributed by atoms with Crippen molar-refractivity contribution < 1.29 is 28.9 Å². The summed E-state index contributed by atoms with van der Waals surface area (Å²) in [5.41, 5.74) is 0.550. The minimum atomic E-state index is -1.08. The van der Waals surface area contributed by atoms with Gasteiger partial charge in [0.15, 0.2) is 18.1 Å². The predicted molar refractivity (Wildman–Crippen MR) is 92.1 cm³/mol. The molecule has 0 saturated heterocycles. The van der Waals surface area contributed by atoms with E-state index in [0.29, 0.717) is 16.5 Å². The maximum Gasteiger partial charge on any atom is 0.335 e. The van der Waals surface area contributed by atoms with Crippen LogP contribution in [0.1, 0.15) is 10.4 Å². The Morgan fingerprint density at radius 3 is 2.32 bits per heavy atom. The molecule has 2 rings (SSSR count). The van der Waals surface area contributed by atoms with E-state index in [9.17, 15) is 9.59 Å². The molecule has 2 N–H and O–H groups in total. The highest BCUT2D eigenvalue weighted by atomic mass is 35.5. The topological polar surface area (TPSA) is 94.1 Å². The third-order valence-electron chi connectivity index (χ3n) is 3.20. The van der Waals surface area contributed by atoms with E-state index in [-0.39, 0.29) is 23.7 Å². The lowest BCUT2D eigenvalue weighted by atomic mass is 10.2. The monoisotopic (exact) mass is 365 g/mol. The van der Waals surface area contributed by atoms with E-state index in [1.165, 1.54) is 32.4 Å². The number of nitrogens with one attached hydrogen (secondary N) is 1. The van der Waals surface area contributed by atoms with Crippen LogP contribution in [0.3, 0.4) is 0 Å². The highest BCUT2D eigenvalue weighted by Crippen LogP contribution is 2.29. The van der Waals surface area contributed by atoms with Crippen molar-refractivity contribution in [3.63, 3.8) is 0 Å². The molecule has 0 spiro atoms. The van der Waals surface area contributed by atoms with Crippen LogP contribution in [0.2, 0.25) is 5.02 Å². The van der Waals surface area contributed by atoms with Crippen molar-refractivity contribution in [3.8, 4) is 17.2 Å². The van der Waals surface area contributed by atoms with Gasteiger partial charge in [-0.3, -0.25) is 4.79 Å². The molecule has 0 saturated carbocycles. The number of rotatable bonds is 7. The summed E-state index contributed by atoms with van der Waals surface area (Å²) in [5, 5.41) is 12.0. The molecule has 0 fully saturated rings. The summed E-state index contributed by atoms with van der Waals surface area (Å²) in [7, 11) is 2.88. The Kier molecular flexibility index (Phi) is 6.08. The Hall–Kier alpha value is -2.93. The van der Waals surface area contributed by atoms with Gasteiger partial charge in [-0.2, -0.15) is 0 Å². The zero-order chi connectivity index (χ0) is 18.4. The fraction of sp³-hybridized carbons (Fsp3) is 0.176. The fourth-order valence-corrected chi connectivity index (χ4v) is 2.26. The first kappa shape index (κ1) is 18.4. The first-order valence-electron chi connectivity index (χ1n) is 7.12. The van der Waals surface area contributed by atoms with Crippen LogP contribution in [0.5, 0.6) is 17.2 Å². The van der Waals surface area contributed by atoms with Gasteiger partial charge >= 0.3 is 5.97 Å². The number of hydrogen-bond donors (Lipinski definition) is 2. The van der Waals surface area contributed by atoms with Crippen molar-refractivity contribution >= 4 is 29.2 Å². The maximum absolute atomic E-state index is 12.0. The molecular formula is C17H16ClNO6. The second-order valence-electron chi connectivity index (χ2n) is 4.86. The van der Waals surface area contributed by atoms with Crippen molar-refractivity contribution in [1.82, 2.24) is 0 Å². The molecule has 0 aliphatic carbocycles. The van der Waals surface area contributed by atoms with Gasteiger partial charge in [0.25, 0.3) is 5.91 Å². The molecule has 1 amide bonds. The van der Waals surface area contributed by atoms with Crippen LogP contribution in [0.15, 0.2) is 36.4 Å². The van der Waals surface area contributed by atoms with Gasteiger partial charge in [0.05, 0.1) is 24.8 Å². The lowest BCUT2D eigenvalue weighted by Gasteiger charge is -2.12. The molecule has 0 aliphatic rings. The van der Waals surface area contributed by atoms with E-state index in [1.807, 2.05) is 0 Å². The number of ether oxygens (including phenoxy) is 3. The highest BCUT2D eigenvalue weighted by Gasteiger charge is 2.12. The second-order valence-corrected chi connectivity index (χ2v) is 5.26. The van der Waals surface area contributed by atoms with Crippen molar-refractivity contribution in [2.24, 2.45) is 0 Å². The Bertz CT molecular complexity index is 793. The number of carboxylic acid groups (broad SMARTS) is 1. The Labute approximate surface area is 149 Å². The van der Waals surface area contributed by atoms with Gasteiger partial charge in [-0.1, -0.05) is 11.6 Å². The zero-order valence-corrected chi connectivity index (χ0v) is 14.3. The lowest BCUT2D eigenvalue weighted by molar-refractivity contribution is -0.118. The predicted octanol–water partition coefficient (Wildman–Crippen LogP) is 3.07. The molecule has 0 heterocycles. The Balaban J connectivity index is 2.00. The molecule has 8 heteroatoms. The van der Waals surface area contributed by atoms with E-state index in [1.54, 1.807) is 18.2 Å². The largest absolute Gasteiger partial charge is 0.495 e. The smallest absolute Gasteiger partial charge is 0.335 e. The van der Waals surface area contributed by atoms with E-state index in [0.717, 1.165) is 0 Å². The summed E-state index contributed by atoms with van der Waals surface area (Å²) in [6.45, 7) is -0.285. The summed E-state index contributed by atoms with van der Waals surface area (Å²) < 4.78 is 15.5. The van der Waals surface area contributed by atoms with Crippen LogP contribution >= 0.6 is 11.6 Å². The van der Waals surface area contributed by atoms with E-state index in [4.69, 9.17) is 30.9 Å². The van der Waals surface area contributed by atoms with E-state index >= 15 is 0 Å². The molecule has 0 atom stereocenters. The number of carbonyl (C=O) groups excluding carboxylic acids is 1. The van der Waals surface area contributed by atoms with E-state index in [2.05, 4.69) is 5.32 Å². The number of halogens is 1. The average Bonchev–Trinajstić information content (AvgIpc) is 2.59. The number of anilines is 1. The number of hydrogen-bond acceptors (Lipinski definition) is 5. The maximum atomic E-state index is 12.0. The lowest BCUT2D eigenvalue weighted by Crippen LogP contribution is -2.20. The number of benzene rings is 2. The molecule has 0 radical (unpaired) electrons. The summed E-state index contributed by atoms with van der Waals surface area (Å²) in [6.07, 6.45) is 0. The standard InChI is InChI=1S/C17H16ClNO6/c1-23-13-6-4-11(8-12(13)18)19-16(20)9-25-14-5-3-10(17(21)22)7-15(14)24-2/h3-8H,9H2,1-2H3,(H,19,20)(H,21,22). The van der Waals surface area contributed by atoms with Crippen molar-refractivity contribution in [2.75, 3.05) is 26.1 Å². The Morgan fingerprint density at radius 2 is 1.72 bits per heavy atom. The number of carboxylic acids is 1. The van der Waals surface area contributed by atoms with E-state index < -0.39 is 11.9 Å². The van der Waals surface area contributed by atoms with Crippen LogP contribution in [0, 0.1) is 0 Å². The van der Waals surface area contributed by atoms with Gasteiger partial charge in [-0.05, 0) is 36.4 Å². The van der Waals surface area contributed by atoms with Crippen molar-refractivity contribution in [2.45, 2.75) is 0 Å². The van der Waals surface area contributed by atoms with Gasteiger partial charge < -0.3 is 24.6 Å². The van der Waals surface area contributed by atoms with Crippen LogP contribution in [0.25, 0.3) is 0 Å². The van der Waals surface area contributed by atoms with Crippen molar-refractivity contribution in [3.05, 3.63) is 47.0 Å². The Morgan fingerprint density at radius 1 is 1.04 bits per heavy atom. The molecule has 132 valence electrons. The number of carbonyl (C=O) groups is 2. The highest BCUT2D eigenvalue weighted by molar-refractivity contribution is 6.32. The molecule has 2 aromatic rings. The van der Waals surface area contributed by atoms with Gasteiger partial charge in [-0.15, -0.1) is 0 Å². The van der Waals surface area contributed by atoms with Crippen LogP contribution in [0.4, 0.5) is 5.69 Å².